The molecule has 0 heterocycles. The Morgan fingerprint density at radius 2 is 2.07 bits per heavy atom. The van der Waals surface area contributed by atoms with E-state index in [0.717, 1.165) is 10.0 Å². The van der Waals surface area contributed by atoms with Crippen LogP contribution in [0.2, 0.25) is 0 Å². The number of hydrogen-bond donors (Lipinski definition) is 0. The Labute approximate surface area is 96.3 Å². The van der Waals surface area contributed by atoms with Crippen LogP contribution in [0.3, 0.4) is 0 Å². The van der Waals surface area contributed by atoms with Gasteiger partial charge in [-0.2, -0.15) is 0 Å². The van der Waals surface area contributed by atoms with Crippen LogP contribution in [0.4, 0.5) is 0 Å². The number of rotatable bonds is 2. The van der Waals surface area contributed by atoms with Gasteiger partial charge in [0.25, 0.3) is 5.70 Å². The summed E-state index contributed by atoms with van der Waals surface area (Å²) in [6.45, 7) is 6.83. The van der Waals surface area contributed by atoms with E-state index in [1.54, 1.807) is 12.1 Å². The van der Waals surface area contributed by atoms with E-state index >= 15 is 0 Å². The largest absolute Gasteiger partial charge is 0.474 e. The standard InChI is InChI=1S/C11H8BrNO2/c1-13-10(11(14)15-2)7-8-3-5-9(12)6-4-8/h3-7H,2H3/b10-7-. The van der Waals surface area contributed by atoms with E-state index in [-0.39, 0.29) is 5.70 Å². The SMILES string of the molecule is [C-]#[N+]/C(=C\c1ccc(Br)cc1)C(=O)OC. The highest BCUT2D eigenvalue weighted by Crippen LogP contribution is 2.14. The van der Waals surface area contributed by atoms with Crippen molar-refractivity contribution in [2.45, 2.75) is 0 Å². The van der Waals surface area contributed by atoms with Crippen molar-refractivity contribution in [3.05, 3.63) is 51.4 Å². The molecule has 0 aliphatic heterocycles. The molecule has 1 aromatic rings. The first kappa shape index (κ1) is 11.5. The Balaban J connectivity index is 3.00. The van der Waals surface area contributed by atoms with Crippen molar-refractivity contribution in [1.82, 2.24) is 0 Å². The molecule has 0 spiro atoms. The zero-order chi connectivity index (χ0) is 11.3. The van der Waals surface area contributed by atoms with Gasteiger partial charge in [-0.05, 0) is 23.8 Å². The molecule has 0 saturated heterocycles. The molecule has 3 nitrogen and oxygen atoms in total. The lowest BCUT2D eigenvalue weighted by molar-refractivity contribution is -0.135. The molecule has 1 aromatic carbocycles. The molecule has 0 unspecified atom stereocenters. The maximum Gasteiger partial charge on any atom is 0.336 e. The van der Waals surface area contributed by atoms with Crippen molar-refractivity contribution in [3.63, 3.8) is 0 Å². The zero-order valence-electron chi connectivity index (χ0n) is 8.03. The highest BCUT2D eigenvalue weighted by atomic mass is 79.9. The second kappa shape index (κ2) is 5.32. The molecule has 1 rings (SSSR count). The fourth-order valence-corrected chi connectivity index (χ4v) is 1.22. The molecule has 0 bridgehead atoms. The number of benzene rings is 1. The summed E-state index contributed by atoms with van der Waals surface area (Å²) >= 11 is 3.30. The van der Waals surface area contributed by atoms with Crippen molar-refractivity contribution in [3.8, 4) is 0 Å². The number of carbonyl (C=O) groups excluding carboxylic acids is 1. The summed E-state index contributed by atoms with van der Waals surface area (Å²) in [6, 6.07) is 7.28. The van der Waals surface area contributed by atoms with Crippen molar-refractivity contribution < 1.29 is 9.53 Å². The van der Waals surface area contributed by atoms with Gasteiger partial charge in [-0.25, -0.2) is 4.85 Å². The fourth-order valence-electron chi connectivity index (χ4n) is 0.958. The minimum atomic E-state index is -0.618. The lowest BCUT2D eigenvalue weighted by Crippen LogP contribution is -2.00. The topological polar surface area (TPSA) is 30.7 Å². The molecule has 0 fully saturated rings. The molecule has 76 valence electrons. The van der Waals surface area contributed by atoms with Crippen LogP contribution in [0.25, 0.3) is 10.9 Å². The van der Waals surface area contributed by atoms with Gasteiger partial charge in [0.1, 0.15) is 0 Å². The normalized spacial score (nSPS) is 10.6. The third-order valence-corrected chi connectivity index (χ3v) is 2.22. The van der Waals surface area contributed by atoms with E-state index in [4.69, 9.17) is 6.57 Å². The monoisotopic (exact) mass is 265 g/mol. The summed E-state index contributed by atoms with van der Waals surface area (Å²) in [5.74, 6) is -0.618. The summed E-state index contributed by atoms with van der Waals surface area (Å²) in [4.78, 5) is 14.2. The van der Waals surface area contributed by atoms with E-state index in [2.05, 4.69) is 25.5 Å². The van der Waals surface area contributed by atoms with Crippen LogP contribution < -0.4 is 0 Å². The molecule has 0 atom stereocenters. The molecule has 0 aliphatic carbocycles. The van der Waals surface area contributed by atoms with Crippen LogP contribution in [0, 0.1) is 6.57 Å². The molecule has 0 saturated carbocycles. The second-order valence-corrected chi connectivity index (χ2v) is 3.60. The van der Waals surface area contributed by atoms with Gasteiger partial charge in [0.15, 0.2) is 0 Å². The number of nitrogens with zero attached hydrogens (tertiary/aromatic N) is 1. The van der Waals surface area contributed by atoms with Crippen molar-refractivity contribution in [2.24, 2.45) is 0 Å². The molecular formula is C11H8BrNO2. The smallest absolute Gasteiger partial charge is 0.336 e. The van der Waals surface area contributed by atoms with Crippen LogP contribution in [0.15, 0.2) is 34.4 Å². The fraction of sp³-hybridized carbons (Fsp3) is 0.0909. The Kier molecular flexibility index (Phi) is 4.07. The third-order valence-electron chi connectivity index (χ3n) is 1.69. The Hall–Kier alpha value is -1.60. The zero-order valence-corrected chi connectivity index (χ0v) is 9.61. The number of esters is 1. The van der Waals surface area contributed by atoms with E-state index in [0.29, 0.717) is 0 Å². The highest BCUT2D eigenvalue weighted by Gasteiger charge is 2.08. The average molecular weight is 266 g/mol. The van der Waals surface area contributed by atoms with E-state index < -0.39 is 5.97 Å². The van der Waals surface area contributed by atoms with Gasteiger partial charge in [0.2, 0.25) is 0 Å². The van der Waals surface area contributed by atoms with E-state index in [1.807, 2.05) is 12.1 Å². The molecular weight excluding hydrogens is 258 g/mol. The first-order chi connectivity index (χ1) is 7.17. The van der Waals surface area contributed by atoms with Crippen LogP contribution in [0.1, 0.15) is 5.56 Å². The van der Waals surface area contributed by atoms with Gasteiger partial charge in [-0.1, -0.05) is 28.1 Å². The number of carbonyl (C=O) groups is 1. The van der Waals surface area contributed by atoms with Crippen LogP contribution in [0.5, 0.6) is 0 Å². The van der Waals surface area contributed by atoms with Gasteiger partial charge >= 0.3 is 5.97 Å². The lowest BCUT2D eigenvalue weighted by Gasteiger charge is -1.97. The van der Waals surface area contributed by atoms with Crippen LogP contribution in [-0.4, -0.2) is 13.1 Å². The molecule has 0 radical (unpaired) electrons. The van der Waals surface area contributed by atoms with Crippen molar-refractivity contribution >= 4 is 28.0 Å². The second-order valence-electron chi connectivity index (χ2n) is 2.68. The third kappa shape index (κ3) is 3.22. The predicted octanol–water partition coefficient (Wildman–Crippen LogP) is 2.88. The molecule has 0 amide bonds. The summed E-state index contributed by atoms with van der Waals surface area (Å²) in [5.41, 5.74) is 0.759. The quantitative estimate of drug-likeness (QED) is 0.468. The minimum absolute atomic E-state index is 0.0279. The molecule has 0 aliphatic rings. The minimum Gasteiger partial charge on any atom is -0.474 e. The molecule has 4 heteroatoms. The van der Waals surface area contributed by atoms with Gasteiger partial charge in [-0.3, -0.25) is 4.79 Å². The first-order valence-corrected chi connectivity index (χ1v) is 4.89. The average Bonchev–Trinajstić information content (AvgIpc) is 2.27. The summed E-state index contributed by atoms with van der Waals surface area (Å²) in [7, 11) is 1.25. The van der Waals surface area contributed by atoms with Gasteiger partial charge in [0, 0.05) is 4.47 Å². The summed E-state index contributed by atoms with van der Waals surface area (Å²) in [5, 5.41) is 0. The first-order valence-electron chi connectivity index (χ1n) is 4.10. The lowest BCUT2D eigenvalue weighted by atomic mass is 10.2. The molecule has 0 aromatic heterocycles. The number of methoxy groups -OCH3 is 1. The maximum atomic E-state index is 11.1. The molecule has 0 N–H and O–H groups in total. The number of halogens is 1. The van der Waals surface area contributed by atoms with Gasteiger partial charge < -0.3 is 4.74 Å². The Bertz CT molecular complexity index is 429. The number of hydrogen-bond acceptors (Lipinski definition) is 2. The highest BCUT2D eigenvalue weighted by molar-refractivity contribution is 9.10. The Morgan fingerprint density at radius 1 is 1.47 bits per heavy atom. The number of ether oxygens (including phenoxy) is 1. The van der Waals surface area contributed by atoms with Gasteiger partial charge in [0.05, 0.1) is 13.7 Å². The maximum absolute atomic E-state index is 11.1. The summed E-state index contributed by atoms with van der Waals surface area (Å²) in [6.07, 6.45) is 1.49. The van der Waals surface area contributed by atoms with E-state index in [9.17, 15) is 4.79 Å². The Morgan fingerprint density at radius 3 is 2.53 bits per heavy atom. The van der Waals surface area contributed by atoms with Crippen LogP contribution in [-0.2, 0) is 9.53 Å². The van der Waals surface area contributed by atoms with Crippen molar-refractivity contribution in [2.75, 3.05) is 7.11 Å². The van der Waals surface area contributed by atoms with Crippen LogP contribution >= 0.6 is 15.9 Å². The van der Waals surface area contributed by atoms with E-state index in [1.165, 1.54) is 13.2 Å². The van der Waals surface area contributed by atoms with Gasteiger partial charge in [-0.15, -0.1) is 0 Å². The predicted molar refractivity (Wildman–Crippen MR) is 60.7 cm³/mol. The van der Waals surface area contributed by atoms with Crippen molar-refractivity contribution in [1.29, 1.82) is 0 Å². The molecule has 15 heavy (non-hydrogen) atoms. The summed E-state index contributed by atoms with van der Waals surface area (Å²) < 4.78 is 5.42.